The van der Waals surface area contributed by atoms with Crippen LogP contribution in [0.2, 0.25) is 0 Å². The van der Waals surface area contributed by atoms with Crippen molar-refractivity contribution in [1.29, 1.82) is 0 Å². The molecule has 0 bridgehead atoms. The second-order valence-electron chi connectivity index (χ2n) is 4.00. The minimum Gasteiger partial charge on any atom is -0.465 e. The normalized spacial score (nSPS) is 22.8. The van der Waals surface area contributed by atoms with Gasteiger partial charge in [-0.1, -0.05) is 6.92 Å². The van der Waals surface area contributed by atoms with E-state index < -0.39 is 6.04 Å². The van der Waals surface area contributed by atoms with Gasteiger partial charge in [0.15, 0.2) is 0 Å². The lowest BCUT2D eigenvalue weighted by Gasteiger charge is -2.37. The third kappa shape index (κ3) is 2.45. The lowest BCUT2D eigenvalue weighted by molar-refractivity contribution is -0.149. The Bertz CT molecular complexity index is 200. The molecule has 4 heteroatoms. The van der Waals surface area contributed by atoms with Gasteiger partial charge in [-0.3, -0.25) is 4.79 Å². The number of carbonyl (C=O) groups excluding carboxylic acids is 1. The first kappa shape index (κ1) is 11.5. The highest BCUT2D eigenvalue weighted by Crippen LogP contribution is 2.32. The van der Waals surface area contributed by atoms with Crippen LogP contribution < -0.4 is 5.73 Å². The summed E-state index contributed by atoms with van der Waals surface area (Å²) in [5.41, 5.74) is 5.72. The van der Waals surface area contributed by atoms with E-state index in [1.54, 1.807) is 6.92 Å². The summed E-state index contributed by atoms with van der Waals surface area (Å²) in [5.74, 6) is -0.295. The summed E-state index contributed by atoms with van der Waals surface area (Å²) in [6.07, 6.45) is 1.65. The molecule has 2 N–H and O–H groups in total. The summed E-state index contributed by atoms with van der Waals surface area (Å²) >= 11 is 0. The predicted molar refractivity (Wildman–Crippen MR) is 52.8 cm³/mol. The molecular weight excluding hydrogens is 182 g/mol. The lowest BCUT2D eigenvalue weighted by atomic mass is 9.76. The van der Waals surface area contributed by atoms with Crippen LogP contribution in [0, 0.1) is 5.41 Å². The molecule has 0 aromatic carbocycles. The van der Waals surface area contributed by atoms with Gasteiger partial charge in [0.2, 0.25) is 0 Å². The Kier molecular flexibility index (Phi) is 3.89. The number of rotatable bonds is 3. The molecule has 0 radical (unpaired) electrons. The average molecular weight is 201 g/mol. The second-order valence-corrected chi connectivity index (χ2v) is 4.00. The molecule has 0 aromatic rings. The highest BCUT2D eigenvalue weighted by Gasteiger charge is 2.38. The fraction of sp³-hybridized carbons (Fsp3) is 0.900. The summed E-state index contributed by atoms with van der Waals surface area (Å²) in [5, 5.41) is 0. The maximum absolute atomic E-state index is 11.5. The number of ether oxygens (including phenoxy) is 2. The van der Waals surface area contributed by atoms with Crippen LogP contribution in [-0.2, 0) is 14.3 Å². The van der Waals surface area contributed by atoms with Crippen molar-refractivity contribution in [3.63, 3.8) is 0 Å². The van der Waals surface area contributed by atoms with Gasteiger partial charge in [0.05, 0.1) is 6.61 Å². The third-order valence-electron chi connectivity index (χ3n) is 2.93. The van der Waals surface area contributed by atoms with Crippen LogP contribution in [-0.4, -0.2) is 31.8 Å². The van der Waals surface area contributed by atoms with E-state index in [0.29, 0.717) is 19.8 Å². The van der Waals surface area contributed by atoms with Crippen molar-refractivity contribution in [1.82, 2.24) is 0 Å². The van der Waals surface area contributed by atoms with Gasteiger partial charge in [-0.05, 0) is 25.2 Å². The monoisotopic (exact) mass is 201 g/mol. The molecule has 1 saturated heterocycles. The van der Waals surface area contributed by atoms with Crippen LogP contribution in [0.15, 0.2) is 0 Å². The molecule has 0 saturated carbocycles. The topological polar surface area (TPSA) is 61.5 Å². The zero-order valence-electron chi connectivity index (χ0n) is 8.91. The third-order valence-corrected chi connectivity index (χ3v) is 2.93. The first-order valence-electron chi connectivity index (χ1n) is 5.10. The molecule has 1 aliphatic rings. The Balaban J connectivity index is 2.56. The Hall–Kier alpha value is -0.610. The molecule has 0 spiro atoms. The van der Waals surface area contributed by atoms with Crippen molar-refractivity contribution >= 4 is 5.97 Å². The van der Waals surface area contributed by atoms with E-state index in [-0.39, 0.29) is 11.4 Å². The van der Waals surface area contributed by atoms with E-state index in [0.717, 1.165) is 12.8 Å². The molecule has 1 rings (SSSR count). The van der Waals surface area contributed by atoms with Gasteiger partial charge >= 0.3 is 5.97 Å². The number of esters is 1. The molecule has 1 atom stereocenters. The van der Waals surface area contributed by atoms with Gasteiger partial charge in [0.25, 0.3) is 0 Å². The van der Waals surface area contributed by atoms with E-state index in [4.69, 9.17) is 15.2 Å². The Morgan fingerprint density at radius 3 is 2.64 bits per heavy atom. The summed E-state index contributed by atoms with van der Waals surface area (Å²) < 4.78 is 10.2. The van der Waals surface area contributed by atoms with Crippen molar-refractivity contribution in [2.45, 2.75) is 32.7 Å². The Morgan fingerprint density at radius 1 is 1.57 bits per heavy atom. The second kappa shape index (κ2) is 4.75. The summed E-state index contributed by atoms with van der Waals surface area (Å²) in [4.78, 5) is 11.5. The number of carbonyl (C=O) groups is 1. The van der Waals surface area contributed by atoms with E-state index in [9.17, 15) is 4.79 Å². The zero-order chi connectivity index (χ0) is 10.6. The molecule has 0 aliphatic carbocycles. The first-order chi connectivity index (χ1) is 6.60. The molecule has 14 heavy (non-hydrogen) atoms. The van der Waals surface area contributed by atoms with E-state index in [1.165, 1.54) is 0 Å². The van der Waals surface area contributed by atoms with Crippen molar-refractivity contribution in [3.8, 4) is 0 Å². The van der Waals surface area contributed by atoms with Gasteiger partial charge in [-0.2, -0.15) is 0 Å². The largest absolute Gasteiger partial charge is 0.465 e. The quantitative estimate of drug-likeness (QED) is 0.682. The smallest absolute Gasteiger partial charge is 0.323 e. The molecular formula is C10H19NO3. The highest BCUT2D eigenvalue weighted by molar-refractivity contribution is 5.76. The standard InChI is InChI=1S/C10H19NO3/c1-3-14-9(12)8(11)10(2)4-6-13-7-5-10/h8H,3-7,11H2,1-2H3. The minimum atomic E-state index is -0.522. The average Bonchev–Trinajstić information content (AvgIpc) is 2.18. The maximum atomic E-state index is 11.5. The molecule has 4 nitrogen and oxygen atoms in total. The van der Waals surface area contributed by atoms with Crippen molar-refractivity contribution in [2.24, 2.45) is 11.1 Å². The molecule has 0 aromatic heterocycles. The number of hydrogen-bond acceptors (Lipinski definition) is 4. The molecule has 1 fully saturated rings. The van der Waals surface area contributed by atoms with Crippen molar-refractivity contribution in [2.75, 3.05) is 19.8 Å². The van der Waals surface area contributed by atoms with Crippen LogP contribution in [0.25, 0.3) is 0 Å². The number of hydrogen-bond donors (Lipinski definition) is 1. The van der Waals surface area contributed by atoms with E-state index in [1.807, 2.05) is 6.92 Å². The summed E-state index contributed by atoms with van der Waals surface area (Å²) in [6.45, 7) is 5.57. The van der Waals surface area contributed by atoms with E-state index >= 15 is 0 Å². The SMILES string of the molecule is CCOC(=O)C(N)C1(C)CCOCC1. The Labute approximate surface area is 84.7 Å². The summed E-state index contributed by atoms with van der Waals surface area (Å²) in [6, 6.07) is -0.522. The van der Waals surface area contributed by atoms with Crippen LogP contribution in [0.5, 0.6) is 0 Å². The van der Waals surface area contributed by atoms with Gasteiger partial charge in [0, 0.05) is 13.2 Å². The van der Waals surface area contributed by atoms with Gasteiger partial charge in [-0.25, -0.2) is 0 Å². The van der Waals surface area contributed by atoms with Crippen LogP contribution >= 0.6 is 0 Å². The van der Waals surface area contributed by atoms with Gasteiger partial charge in [-0.15, -0.1) is 0 Å². The predicted octanol–water partition coefficient (Wildman–Crippen LogP) is 0.693. The minimum absolute atomic E-state index is 0.162. The molecule has 1 heterocycles. The molecule has 82 valence electrons. The van der Waals surface area contributed by atoms with Crippen LogP contribution in [0.3, 0.4) is 0 Å². The fourth-order valence-electron chi connectivity index (χ4n) is 1.67. The zero-order valence-corrected chi connectivity index (χ0v) is 8.91. The molecule has 1 aliphatic heterocycles. The van der Waals surface area contributed by atoms with Gasteiger partial charge < -0.3 is 15.2 Å². The molecule has 1 unspecified atom stereocenters. The maximum Gasteiger partial charge on any atom is 0.323 e. The van der Waals surface area contributed by atoms with Crippen LogP contribution in [0.4, 0.5) is 0 Å². The van der Waals surface area contributed by atoms with Gasteiger partial charge in [0.1, 0.15) is 6.04 Å². The van der Waals surface area contributed by atoms with Crippen molar-refractivity contribution < 1.29 is 14.3 Å². The lowest BCUT2D eigenvalue weighted by Crippen LogP contribution is -2.49. The summed E-state index contributed by atoms with van der Waals surface area (Å²) in [7, 11) is 0. The van der Waals surface area contributed by atoms with Crippen LogP contribution in [0.1, 0.15) is 26.7 Å². The highest BCUT2D eigenvalue weighted by atomic mass is 16.5. The number of nitrogens with two attached hydrogens (primary N) is 1. The van der Waals surface area contributed by atoms with Crippen molar-refractivity contribution in [3.05, 3.63) is 0 Å². The fourth-order valence-corrected chi connectivity index (χ4v) is 1.67. The molecule has 0 amide bonds. The Morgan fingerprint density at radius 2 is 2.14 bits per heavy atom. The van der Waals surface area contributed by atoms with E-state index in [2.05, 4.69) is 0 Å². The first-order valence-corrected chi connectivity index (χ1v) is 5.10.